The molecule has 1 aromatic heterocycles. The summed E-state index contributed by atoms with van der Waals surface area (Å²) >= 11 is 6.34. The van der Waals surface area contributed by atoms with Gasteiger partial charge in [-0.3, -0.25) is 4.98 Å². The zero-order valence-corrected chi connectivity index (χ0v) is 11.1. The fraction of sp³-hybridized carbons (Fsp3) is 0.0667. The van der Waals surface area contributed by atoms with E-state index < -0.39 is 0 Å². The molecule has 0 amide bonds. The van der Waals surface area contributed by atoms with Crippen LogP contribution < -0.4 is 4.74 Å². The SMILES string of the molecule is COc1ccccc1/C(Cl)=C(/C#N)c1cccnc1. The third kappa shape index (κ3) is 2.75. The first-order valence-electron chi connectivity index (χ1n) is 5.61. The van der Waals surface area contributed by atoms with Crippen LogP contribution in [0.2, 0.25) is 0 Å². The molecule has 0 saturated heterocycles. The Kier molecular flexibility index (Phi) is 4.17. The highest BCUT2D eigenvalue weighted by Gasteiger charge is 2.13. The van der Waals surface area contributed by atoms with Crippen molar-refractivity contribution < 1.29 is 4.74 Å². The maximum absolute atomic E-state index is 9.31. The number of hydrogen-bond donors (Lipinski definition) is 0. The molecule has 19 heavy (non-hydrogen) atoms. The number of pyridine rings is 1. The first-order chi connectivity index (χ1) is 9.27. The first-order valence-corrected chi connectivity index (χ1v) is 5.99. The third-order valence-corrected chi connectivity index (χ3v) is 3.02. The van der Waals surface area contributed by atoms with E-state index in [1.54, 1.807) is 37.7 Å². The summed E-state index contributed by atoms with van der Waals surface area (Å²) in [6, 6.07) is 13.0. The molecule has 0 aliphatic heterocycles. The van der Waals surface area contributed by atoms with Gasteiger partial charge in [-0.05, 0) is 18.2 Å². The summed E-state index contributed by atoms with van der Waals surface area (Å²) in [5, 5.41) is 9.67. The van der Waals surface area contributed by atoms with E-state index in [9.17, 15) is 5.26 Å². The van der Waals surface area contributed by atoms with Crippen molar-refractivity contribution in [2.75, 3.05) is 7.11 Å². The number of allylic oxidation sites excluding steroid dienone is 1. The molecule has 94 valence electrons. The van der Waals surface area contributed by atoms with E-state index in [0.717, 1.165) is 0 Å². The zero-order valence-electron chi connectivity index (χ0n) is 10.3. The van der Waals surface area contributed by atoms with Gasteiger partial charge >= 0.3 is 0 Å². The lowest BCUT2D eigenvalue weighted by atomic mass is 10.0. The minimum Gasteiger partial charge on any atom is -0.496 e. The maximum atomic E-state index is 9.31. The van der Waals surface area contributed by atoms with E-state index >= 15 is 0 Å². The lowest BCUT2D eigenvalue weighted by Crippen LogP contribution is -1.91. The Morgan fingerprint density at radius 2 is 2.05 bits per heavy atom. The number of rotatable bonds is 3. The van der Waals surface area contributed by atoms with Gasteiger partial charge in [0, 0.05) is 23.5 Å². The Hall–Kier alpha value is -2.31. The number of benzene rings is 1. The molecular formula is C15H11ClN2O. The number of halogens is 1. The molecule has 0 fully saturated rings. The highest BCUT2D eigenvalue weighted by Crippen LogP contribution is 2.34. The van der Waals surface area contributed by atoms with Crippen LogP contribution in [0.15, 0.2) is 48.8 Å². The number of nitriles is 1. The zero-order chi connectivity index (χ0) is 13.7. The third-order valence-electron chi connectivity index (χ3n) is 2.62. The first kappa shape index (κ1) is 13.1. The predicted molar refractivity (Wildman–Crippen MR) is 75.5 cm³/mol. The number of para-hydroxylation sites is 1. The fourth-order valence-electron chi connectivity index (χ4n) is 1.71. The van der Waals surface area contributed by atoms with E-state index in [1.165, 1.54) is 0 Å². The van der Waals surface area contributed by atoms with Gasteiger partial charge in [0.15, 0.2) is 0 Å². The van der Waals surface area contributed by atoms with Gasteiger partial charge in [0.25, 0.3) is 0 Å². The fourth-order valence-corrected chi connectivity index (χ4v) is 2.02. The van der Waals surface area contributed by atoms with Crippen LogP contribution >= 0.6 is 11.6 Å². The summed E-state index contributed by atoms with van der Waals surface area (Å²) in [5.41, 5.74) is 1.74. The van der Waals surface area contributed by atoms with Gasteiger partial charge < -0.3 is 4.74 Å². The molecule has 0 spiro atoms. The molecule has 0 atom stereocenters. The smallest absolute Gasteiger partial charge is 0.127 e. The molecule has 2 aromatic rings. The van der Waals surface area contributed by atoms with Crippen molar-refractivity contribution in [3.8, 4) is 11.8 Å². The van der Waals surface area contributed by atoms with Gasteiger partial charge in [0.2, 0.25) is 0 Å². The maximum Gasteiger partial charge on any atom is 0.127 e. The van der Waals surface area contributed by atoms with E-state index in [1.807, 2.05) is 18.2 Å². The summed E-state index contributed by atoms with van der Waals surface area (Å²) < 4.78 is 5.25. The lowest BCUT2D eigenvalue weighted by molar-refractivity contribution is 0.414. The monoisotopic (exact) mass is 270 g/mol. The minimum absolute atomic E-state index is 0.355. The van der Waals surface area contributed by atoms with Crippen LogP contribution in [-0.2, 0) is 0 Å². The Labute approximate surface area is 116 Å². The number of ether oxygens (including phenoxy) is 1. The molecule has 2 rings (SSSR count). The van der Waals surface area contributed by atoms with Gasteiger partial charge in [-0.25, -0.2) is 0 Å². The largest absolute Gasteiger partial charge is 0.496 e. The van der Waals surface area contributed by atoms with Crippen LogP contribution in [0, 0.1) is 11.3 Å². The summed E-state index contributed by atoms with van der Waals surface area (Å²) in [4.78, 5) is 4.00. The van der Waals surface area contributed by atoms with Crippen LogP contribution in [0.4, 0.5) is 0 Å². The molecule has 0 bridgehead atoms. The van der Waals surface area contributed by atoms with Crippen molar-refractivity contribution in [1.29, 1.82) is 5.26 Å². The highest BCUT2D eigenvalue weighted by molar-refractivity contribution is 6.53. The van der Waals surface area contributed by atoms with E-state index in [-0.39, 0.29) is 0 Å². The van der Waals surface area contributed by atoms with Crippen molar-refractivity contribution in [3.05, 3.63) is 59.9 Å². The van der Waals surface area contributed by atoms with Gasteiger partial charge in [0.1, 0.15) is 11.8 Å². The van der Waals surface area contributed by atoms with Crippen LogP contribution in [0.25, 0.3) is 10.6 Å². The van der Waals surface area contributed by atoms with Crippen molar-refractivity contribution in [2.24, 2.45) is 0 Å². The predicted octanol–water partition coefficient (Wildman–Crippen LogP) is 3.72. The molecule has 0 N–H and O–H groups in total. The number of hydrogen-bond acceptors (Lipinski definition) is 3. The number of methoxy groups -OCH3 is 1. The van der Waals surface area contributed by atoms with E-state index in [2.05, 4.69) is 11.1 Å². The molecule has 0 aliphatic rings. The average Bonchev–Trinajstić information content (AvgIpc) is 2.49. The molecule has 0 radical (unpaired) electrons. The standard InChI is InChI=1S/C15H11ClN2O/c1-19-14-7-3-2-6-12(14)15(16)13(9-17)11-5-4-8-18-10-11/h2-8,10H,1H3/b15-13+. The lowest BCUT2D eigenvalue weighted by Gasteiger charge is -2.09. The molecule has 0 unspecified atom stereocenters. The van der Waals surface area contributed by atoms with Crippen molar-refractivity contribution in [1.82, 2.24) is 4.98 Å². The van der Waals surface area contributed by atoms with Gasteiger partial charge in [-0.15, -0.1) is 0 Å². The second-order valence-corrected chi connectivity index (χ2v) is 4.12. The van der Waals surface area contributed by atoms with Crippen LogP contribution in [0.1, 0.15) is 11.1 Å². The van der Waals surface area contributed by atoms with Gasteiger partial charge in [-0.1, -0.05) is 29.8 Å². The average molecular weight is 271 g/mol. The number of aromatic nitrogens is 1. The second kappa shape index (κ2) is 6.03. The summed E-state index contributed by atoms with van der Waals surface area (Å²) in [6.07, 6.45) is 3.26. The van der Waals surface area contributed by atoms with E-state index in [0.29, 0.717) is 27.5 Å². The minimum atomic E-state index is 0.355. The molecule has 1 aromatic carbocycles. The normalized spacial score (nSPS) is 11.4. The summed E-state index contributed by atoms with van der Waals surface area (Å²) in [6.45, 7) is 0. The Bertz CT molecular complexity index is 645. The van der Waals surface area contributed by atoms with Crippen molar-refractivity contribution >= 4 is 22.2 Å². The molecule has 0 saturated carbocycles. The summed E-state index contributed by atoms with van der Waals surface area (Å²) in [7, 11) is 1.57. The molecule has 0 aliphatic carbocycles. The Balaban J connectivity index is 2.59. The highest BCUT2D eigenvalue weighted by atomic mass is 35.5. The molecule has 1 heterocycles. The molecule has 4 heteroatoms. The Morgan fingerprint density at radius 3 is 2.68 bits per heavy atom. The molecule has 3 nitrogen and oxygen atoms in total. The van der Waals surface area contributed by atoms with Crippen LogP contribution in [-0.4, -0.2) is 12.1 Å². The van der Waals surface area contributed by atoms with Gasteiger partial charge in [0.05, 0.1) is 17.7 Å². The molecular weight excluding hydrogens is 260 g/mol. The van der Waals surface area contributed by atoms with Crippen LogP contribution in [0.5, 0.6) is 5.75 Å². The Morgan fingerprint density at radius 1 is 1.26 bits per heavy atom. The topological polar surface area (TPSA) is 45.9 Å². The number of nitrogens with zero attached hydrogens (tertiary/aromatic N) is 2. The van der Waals surface area contributed by atoms with E-state index in [4.69, 9.17) is 16.3 Å². The van der Waals surface area contributed by atoms with Gasteiger partial charge in [-0.2, -0.15) is 5.26 Å². The second-order valence-electron chi connectivity index (χ2n) is 3.74. The quantitative estimate of drug-likeness (QED) is 0.799. The van der Waals surface area contributed by atoms with Crippen molar-refractivity contribution in [2.45, 2.75) is 0 Å². The summed E-state index contributed by atoms with van der Waals surface area (Å²) in [5.74, 6) is 0.629. The van der Waals surface area contributed by atoms with Crippen LogP contribution in [0.3, 0.4) is 0 Å². The van der Waals surface area contributed by atoms with Crippen molar-refractivity contribution in [3.63, 3.8) is 0 Å².